The van der Waals surface area contributed by atoms with E-state index >= 15 is 0 Å². The van der Waals surface area contributed by atoms with Gasteiger partial charge < -0.3 is 14.8 Å². The predicted octanol–water partition coefficient (Wildman–Crippen LogP) is 4.43. The van der Waals surface area contributed by atoms with Crippen LogP contribution >= 0.6 is 12.2 Å². The van der Waals surface area contributed by atoms with Crippen LogP contribution in [0.5, 0.6) is 11.5 Å². The molecule has 2 aromatic carbocycles. The molecule has 0 fully saturated rings. The summed E-state index contributed by atoms with van der Waals surface area (Å²) in [7, 11) is 3.05. The van der Waals surface area contributed by atoms with Gasteiger partial charge in [0.25, 0.3) is 0 Å². The highest BCUT2D eigenvalue weighted by Gasteiger charge is 2.33. The van der Waals surface area contributed by atoms with Crippen molar-refractivity contribution in [2.45, 2.75) is 13.1 Å². The zero-order chi connectivity index (χ0) is 20.0. The Morgan fingerprint density at radius 1 is 1.07 bits per heavy atom. The van der Waals surface area contributed by atoms with Gasteiger partial charge in [-0.15, -0.1) is 0 Å². The molecule has 0 aliphatic rings. The summed E-state index contributed by atoms with van der Waals surface area (Å²) in [6.07, 6.45) is -4.49. The van der Waals surface area contributed by atoms with Crippen LogP contribution < -0.4 is 20.2 Å². The van der Waals surface area contributed by atoms with Crippen LogP contribution in [0.4, 0.5) is 18.9 Å². The lowest BCUT2D eigenvalue weighted by Crippen LogP contribution is -2.26. The van der Waals surface area contributed by atoms with Crippen molar-refractivity contribution in [3.05, 3.63) is 53.6 Å². The molecule has 0 spiro atoms. The minimum absolute atomic E-state index is 0.0708. The number of ether oxygens (including phenoxy) is 2. The van der Waals surface area contributed by atoms with E-state index in [1.165, 1.54) is 25.3 Å². The van der Waals surface area contributed by atoms with Crippen LogP contribution in [-0.4, -0.2) is 25.0 Å². The Bertz CT molecular complexity index is 854. The lowest BCUT2D eigenvalue weighted by molar-refractivity contribution is -0.136. The minimum Gasteiger partial charge on any atom is -0.497 e. The van der Waals surface area contributed by atoms with Crippen LogP contribution in [0, 0.1) is 0 Å². The highest BCUT2D eigenvalue weighted by atomic mass is 32.1. The summed E-state index contributed by atoms with van der Waals surface area (Å²) in [6.45, 7) is 1.71. The molecule has 2 rings (SSSR count). The molecule has 2 N–H and O–H groups in total. The van der Waals surface area contributed by atoms with Gasteiger partial charge >= 0.3 is 6.18 Å². The van der Waals surface area contributed by atoms with Gasteiger partial charge in [0, 0.05) is 11.6 Å². The fourth-order valence-electron chi connectivity index (χ4n) is 2.28. The van der Waals surface area contributed by atoms with Crippen LogP contribution in [0.3, 0.4) is 0 Å². The minimum atomic E-state index is -4.49. The van der Waals surface area contributed by atoms with Crippen molar-refractivity contribution in [2.24, 2.45) is 5.10 Å². The average molecular weight is 397 g/mol. The third-order valence-electron chi connectivity index (χ3n) is 3.60. The standard InChI is InChI=1S/C18H18F3N3O2S/c1-11(13-9-8-12(25-2)10-16(13)26-3)23-24-17(27)22-15-7-5-4-6-14(15)18(19,20)21/h4-10H,1-3H3,(H2,22,24,27)/b23-11-. The van der Waals surface area contributed by atoms with Gasteiger partial charge in [-0.1, -0.05) is 12.1 Å². The maximum absolute atomic E-state index is 13.0. The van der Waals surface area contributed by atoms with Crippen molar-refractivity contribution in [3.63, 3.8) is 0 Å². The van der Waals surface area contributed by atoms with E-state index in [-0.39, 0.29) is 10.8 Å². The molecule has 0 saturated heterocycles. The SMILES string of the molecule is COc1ccc(/C(C)=N\NC(=S)Nc2ccccc2C(F)(F)F)c(OC)c1. The number of benzene rings is 2. The highest BCUT2D eigenvalue weighted by Crippen LogP contribution is 2.34. The van der Waals surface area contributed by atoms with E-state index in [0.717, 1.165) is 6.07 Å². The maximum Gasteiger partial charge on any atom is 0.418 e. The van der Waals surface area contributed by atoms with Crippen molar-refractivity contribution >= 4 is 28.7 Å². The fourth-order valence-corrected chi connectivity index (χ4v) is 2.44. The van der Waals surface area contributed by atoms with Gasteiger partial charge in [-0.3, -0.25) is 5.43 Å². The molecule has 0 atom stereocenters. The number of nitrogens with zero attached hydrogens (tertiary/aromatic N) is 1. The summed E-state index contributed by atoms with van der Waals surface area (Å²) >= 11 is 5.04. The van der Waals surface area contributed by atoms with Gasteiger partial charge in [0.2, 0.25) is 0 Å². The molecule has 0 bridgehead atoms. The van der Waals surface area contributed by atoms with Gasteiger partial charge in [-0.2, -0.15) is 18.3 Å². The second kappa shape index (κ2) is 8.72. The summed E-state index contributed by atoms with van der Waals surface area (Å²) in [4.78, 5) is 0. The largest absolute Gasteiger partial charge is 0.497 e. The van der Waals surface area contributed by atoms with E-state index in [4.69, 9.17) is 21.7 Å². The maximum atomic E-state index is 13.0. The van der Waals surface area contributed by atoms with Gasteiger partial charge in [-0.25, -0.2) is 0 Å². The fraction of sp³-hybridized carbons (Fsp3) is 0.222. The van der Waals surface area contributed by atoms with E-state index in [0.29, 0.717) is 22.8 Å². The van der Waals surface area contributed by atoms with Crippen molar-refractivity contribution in [2.75, 3.05) is 19.5 Å². The van der Waals surface area contributed by atoms with Crippen molar-refractivity contribution in [1.29, 1.82) is 0 Å². The number of hydrazone groups is 1. The number of halogens is 3. The molecule has 5 nitrogen and oxygen atoms in total. The van der Waals surface area contributed by atoms with Gasteiger partial charge in [0.05, 0.1) is 31.2 Å². The molecule has 0 heterocycles. The third kappa shape index (κ3) is 5.33. The van der Waals surface area contributed by atoms with E-state index in [1.807, 2.05) is 0 Å². The number of thiocarbonyl (C=S) groups is 1. The molecule has 2 aromatic rings. The number of anilines is 1. The van der Waals surface area contributed by atoms with Crippen LogP contribution in [-0.2, 0) is 6.18 Å². The monoisotopic (exact) mass is 397 g/mol. The first-order valence-electron chi connectivity index (χ1n) is 7.76. The Kier molecular flexibility index (Phi) is 6.62. The first kappa shape index (κ1) is 20.5. The number of hydrogen-bond donors (Lipinski definition) is 2. The molecule has 0 radical (unpaired) electrons. The second-order valence-corrected chi connectivity index (χ2v) is 5.78. The smallest absolute Gasteiger partial charge is 0.418 e. The topological polar surface area (TPSA) is 54.9 Å². The molecule has 144 valence electrons. The first-order chi connectivity index (χ1) is 12.8. The highest BCUT2D eigenvalue weighted by molar-refractivity contribution is 7.80. The molecular weight excluding hydrogens is 379 g/mol. The zero-order valence-corrected chi connectivity index (χ0v) is 15.7. The molecule has 0 aliphatic heterocycles. The molecule has 27 heavy (non-hydrogen) atoms. The van der Waals surface area contributed by atoms with E-state index < -0.39 is 11.7 Å². The van der Waals surface area contributed by atoms with E-state index in [2.05, 4.69) is 15.8 Å². The Labute approximate surface area is 160 Å². The van der Waals surface area contributed by atoms with Crippen LogP contribution in [0.25, 0.3) is 0 Å². The number of para-hydroxylation sites is 1. The predicted molar refractivity (Wildman–Crippen MR) is 103 cm³/mol. The number of rotatable bonds is 5. The lowest BCUT2D eigenvalue weighted by atomic mass is 10.1. The number of nitrogens with one attached hydrogen (secondary N) is 2. The Morgan fingerprint density at radius 3 is 2.41 bits per heavy atom. The van der Waals surface area contributed by atoms with Crippen LogP contribution in [0.15, 0.2) is 47.6 Å². The molecular formula is C18H18F3N3O2S. The Morgan fingerprint density at radius 2 is 1.78 bits per heavy atom. The zero-order valence-electron chi connectivity index (χ0n) is 14.8. The summed E-state index contributed by atoms with van der Waals surface area (Å²) in [5.41, 5.74) is 2.79. The number of alkyl halides is 3. The summed E-state index contributed by atoms with van der Waals surface area (Å²) in [5.74, 6) is 1.16. The van der Waals surface area contributed by atoms with Gasteiger partial charge in [0.15, 0.2) is 5.11 Å². The second-order valence-electron chi connectivity index (χ2n) is 5.37. The van der Waals surface area contributed by atoms with Crippen molar-refractivity contribution in [3.8, 4) is 11.5 Å². The molecule has 0 amide bonds. The summed E-state index contributed by atoms with van der Waals surface area (Å²) in [5, 5.41) is 6.55. The van der Waals surface area contributed by atoms with Gasteiger partial charge in [-0.05, 0) is 43.4 Å². The average Bonchev–Trinajstić information content (AvgIpc) is 2.65. The quantitative estimate of drug-likeness (QED) is 0.444. The van der Waals surface area contributed by atoms with Gasteiger partial charge in [0.1, 0.15) is 11.5 Å². The molecule has 0 aromatic heterocycles. The molecule has 0 aliphatic carbocycles. The summed E-state index contributed by atoms with van der Waals surface area (Å²) in [6, 6.07) is 10.3. The third-order valence-corrected chi connectivity index (χ3v) is 3.80. The number of methoxy groups -OCH3 is 2. The van der Waals surface area contributed by atoms with Crippen LogP contribution in [0.2, 0.25) is 0 Å². The number of hydrogen-bond acceptors (Lipinski definition) is 4. The van der Waals surface area contributed by atoms with Crippen molar-refractivity contribution in [1.82, 2.24) is 5.43 Å². The Balaban J connectivity index is 2.14. The Hall–Kier alpha value is -2.81. The molecule has 0 saturated carbocycles. The van der Waals surface area contributed by atoms with E-state index in [1.54, 1.807) is 32.2 Å². The van der Waals surface area contributed by atoms with Crippen molar-refractivity contribution < 1.29 is 22.6 Å². The summed E-state index contributed by atoms with van der Waals surface area (Å²) < 4.78 is 49.5. The lowest BCUT2D eigenvalue weighted by Gasteiger charge is -2.15. The van der Waals surface area contributed by atoms with E-state index in [9.17, 15) is 13.2 Å². The normalized spacial score (nSPS) is 11.7. The first-order valence-corrected chi connectivity index (χ1v) is 8.17. The van der Waals surface area contributed by atoms with Crippen LogP contribution in [0.1, 0.15) is 18.1 Å². The molecule has 9 heteroatoms. The molecule has 0 unspecified atom stereocenters.